The van der Waals surface area contributed by atoms with Crippen LogP contribution in [0.2, 0.25) is 0 Å². The second-order valence-electron chi connectivity index (χ2n) is 7.74. The van der Waals surface area contributed by atoms with Crippen LogP contribution in [-0.4, -0.2) is 65.1 Å². The van der Waals surface area contributed by atoms with Crippen molar-refractivity contribution in [2.75, 3.05) is 31.1 Å². The van der Waals surface area contributed by atoms with Gasteiger partial charge < -0.3 is 20.4 Å². The van der Waals surface area contributed by atoms with Crippen molar-refractivity contribution in [1.29, 1.82) is 0 Å². The summed E-state index contributed by atoms with van der Waals surface area (Å²) in [6, 6.07) is 1.31. The van der Waals surface area contributed by atoms with E-state index in [0.29, 0.717) is 32.1 Å². The smallest absolute Gasteiger partial charge is 0.318 e. The Balaban J connectivity index is 1.42. The predicted molar refractivity (Wildman–Crippen MR) is 108 cm³/mol. The van der Waals surface area contributed by atoms with E-state index < -0.39 is 6.04 Å². The topological polar surface area (TPSA) is 90.5 Å². The van der Waals surface area contributed by atoms with Crippen LogP contribution in [0.25, 0.3) is 0 Å². The third kappa shape index (κ3) is 5.81. The third-order valence-electron chi connectivity index (χ3n) is 5.59. The van der Waals surface area contributed by atoms with Gasteiger partial charge >= 0.3 is 6.03 Å². The highest BCUT2D eigenvalue weighted by atomic mass is 16.2. The fraction of sp³-hybridized carbons (Fsp3) is 0.700. The SMILES string of the molecule is C[C@@H](NC(=O)N1CCN(c2ncccn2)CC1)C(=O)NC1CCCCCCC1. The van der Waals surface area contributed by atoms with Gasteiger partial charge in [0.1, 0.15) is 6.04 Å². The summed E-state index contributed by atoms with van der Waals surface area (Å²) in [6.45, 7) is 4.28. The minimum absolute atomic E-state index is 0.0877. The summed E-state index contributed by atoms with van der Waals surface area (Å²) in [7, 11) is 0. The second-order valence-corrected chi connectivity index (χ2v) is 7.74. The molecule has 2 aliphatic rings. The van der Waals surface area contributed by atoms with E-state index in [0.717, 1.165) is 12.8 Å². The van der Waals surface area contributed by atoms with Crippen molar-refractivity contribution in [2.45, 2.75) is 64.0 Å². The van der Waals surface area contributed by atoms with Gasteiger partial charge in [0.05, 0.1) is 0 Å². The van der Waals surface area contributed by atoms with Gasteiger partial charge in [-0.05, 0) is 25.8 Å². The highest BCUT2D eigenvalue weighted by Crippen LogP contribution is 2.17. The summed E-state index contributed by atoms with van der Waals surface area (Å²) in [5.74, 6) is 0.602. The van der Waals surface area contributed by atoms with Crippen LogP contribution >= 0.6 is 0 Å². The Morgan fingerprint density at radius 3 is 2.25 bits per heavy atom. The lowest BCUT2D eigenvalue weighted by Gasteiger charge is -2.35. The Bertz CT molecular complexity index is 625. The maximum absolute atomic E-state index is 12.5. The lowest BCUT2D eigenvalue weighted by atomic mass is 9.96. The fourth-order valence-corrected chi connectivity index (χ4v) is 3.83. The van der Waals surface area contributed by atoms with E-state index in [1.165, 1.54) is 32.1 Å². The molecule has 2 N–H and O–H groups in total. The number of hydrogen-bond acceptors (Lipinski definition) is 5. The van der Waals surface area contributed by atoms with Gasteiger partial charge in [-0.1, -0.05) is 32.1 Å². The normalized spacial score (nSPS) is 20.0. The predicted octanol–water partition coefficient (Wildman–Crippen LogP) is 1.93. The molecule has 3 rings (SSSR count). The van der Waals surface area contributed by atoms with Crippen LogP contribution in [0, 0.1) is 0 Å². The molecule has 1 saturated heterocycles. The first-order valence-electron chi connectivity index (χ1n) is 10.5. The van der Waals surface area contributed by atoms with Crippen molar-refractivity contribution in [3.63, 3.8) is 0 Å². The number of nitrogens with zero attached hydrogens (tertiary/aromatic N) is 4. The average molecular weight is 389 g/mol. The van der Waals surface area contributed by atoms with E-state index in [-0.39, 0.29) is 18.0 Å². The molecule has 28 heavy (non-hydrogen) atoms. The standard InChI is InChI=1S/C20H32N6O2/c1-16(18(27)24-17-8-5-3-2-4-6-9-17)23-20(28)26-14-12-25(13-15-26)19-21-10-7-11-22-19/h7,10-11,16-17H,2-6,8-9,12-15H2,1H3,(H,23,28)(H,24,27)/t16-/m1/s1. The number of amides is 3. The number of nitrogens with one attached hydrogen (secondary N) is 2. The van der Waals surface area contributed by atoms with Gasteiger partial charge in [-0.25, -0.2) is 14.8 Å². The molecule has 1 aromatic heterocycles. The molecule has 1 aliphatic carbocycles. The molecule has 0 bridgehead atoms. The van der Waals surface area contributed by atoms with Gasteiger partial charge in [-0.3, -0.25) is 4.79 Å². The van der Waals surface area contributed by atoms with Crippen LogP contribution < -0.4 is 15.5 Å². The molecule has 8 heteroatoms. The number of urea groups is 1. The van der Waals surface area contributed by atoms with E-state index >= 15 is 0 Å². The van der Waals surface area contributed by atoms with Gasteiger partial charge in [-0.15, -0.1) is 0 Å². The molecule has 1 atom stereocenters. The van der Waals surface area contributed by atoms with Crippen LogP contribution in [0.4, 0.5) is 10.7 Å². The molecular weight excluding hydrogens is 356 g/mol. The van der Waals surface area contributed by atoms with Gasteiger partial charge in [0.2, 0.25) is 11.9 Å². The number of rotatable bonds is 4. The Labute approximate surface area is 167 Å². The van der Waals surface area contributed by atoms with Crippen molar-refractivity contribution in [1.82, 2.24) is 25.5 Å². The van der Waals surface area contributed by atoms with Gasteiger partial charge in [0.25, 0.3) is 0 Å². The van der Waals surface area contributed by atoms with E-state index in [9.17, 15) is 9.59 Å². The molecule has 1 aromatic rings. The molecule has 154 valence electrons. The zero-order valence-electron chi connectivity index (χ0n) is 16.8. The summed E-state index contributed by atoms with van der Waals surface area (Å²) < 4.78 is 0. The van der Waals surface area contributed by atoms with Crippen molar-refractivity contribution in [2.24, 2.45) is 0 Å². The Kier molecular flexibility index (Phi) is 7.45. The quantitative estimate of drug-likeness (QED) is 0.822. The van der Waals surface area contributed by atoms with Crippen LogP contribution in [0.1, 0.15) is 51.9 Å². The first-order valence-corrected chi connectivity index (χ1v) is 10.5. The average Bonchev–Trinajstić information content (AvgIpc) is 2.70. The molecule has 3 amide bonds. The minimum Gasteiger partial charge on any atom is -0.352 e. The summed E-state index contributed by atoms with van der Waals surface area (Å²) in [6.07, 6.45) is 11.7. The molecule has 0 unspecified atom stereocenters. The van der Waals surface area contributed by atoms with Crippen LogP contribution in [0.15, 0.2) is 18.5 Å². The van der Waals surface area contributed by atoms with Crippen molar-refractivity contribution in [3.05, 3.63) is 18.5 Å². The van der Waals surface area contributed by atoms with E-state index in [1.54, 1.807) is 30.3 Å². The molecule has 8 nitrogen and oxygen atoms in total. The molecule has 0 aromatic carbocycles. The van der Waals surface area contributed by atoms with Gasteiger partial charge in [-0.2, -0.15) is 0 Å². The lowest BCUT2D eigenvalue weighted by molar-refractivity contribution is -0.123. The zero-order chi connectivity index (χ0) is 19.8. The minimum atomic E-state index is -0.534. The Morgan fingerprint density at radius 2 is 1.61 bits per heavy atom. The van der Waals surface area contributed by atoms with Gasteiger partial charge in [0.15, 0.2) is 0 Å². The number of carbonyl (C=O) groups excluding carboxylic acids is 2. The monoisotopic (exact) mass is 388 g/mol. The highest BCUT2D eigenvalue weighted by molar-refractivity contribution is 5.86. The van der Waals surface area contributed by atoms with E-state index in [4.69, 9.17) is 0 Å². The van der Waals surface area contributed by atoms with Crippen LogP contribution in [0.3, 0.4) is 0 Å². The van der Waals surface area contributed by atoms with Gasteiger partial charge in [0, 0.05) is 44.6 Å². The maximum atomic E-state index is 12.5. The molecule has 2 fully saturated rings. The highest BCUT2D eigenvalue weighted by Gasteiger charge is 2.25. The number of carbonyl (C=O) groups is 2. The molecule has 1 aliphatic heterocycles. The first-order chi connectivity index (χ1) is 13.6. The fourth-order valence-electron chi connectivity index (χ4n) is 3.83. The van der Waals surface area contributed by atoms with Crippen molar-refractivity contribution >= 4 is 17.9 Å². The molecule has 2 heterocycles. The second kappa shape index (κ2) is 10.2. The number of piperazine rings is 1. The Morgan fingerprint density at radius 1 is 1.00 bits per heavy atom. The largest absolute Gasteiger partial charge is 0.352 e. The number of anilines is 1. The third-order valence-corrected chi connectivity index (χ3v) is 5.59. The summed E-state index contributed by atoms with van der Waals surface area (Å²) in [4.78, 5) is 37.4. The zero-order valence-corrected chi connectivity index (χ0v) is 16.8. The molecular formula is C20H32N6O2. The van der Waals surface area contributed by atoms with E-state index in [1.807, 2.05) is 0 Å². The van der Waals surface area contributed by atoms with Crippen molar-refractivity contribution < 1.29 is 9.59 Å². The maximum Gasteiger partial charge on any atom is 0.318 e. The lowest BCUT2D eigenvalue weighted by Crippen LogP contribution is -2.56. The number of aromatic nitrogens is 2. The van der Waals surface area contributed by atoms with Crippen LogP contribution in [0.5, 0.6) is 0 Å². The van der Waals surface area contributed by atoms with Crippen LogP contribution in [-0.2, 0) is 4.79 Å². The Hall–Kier alpha value is -2.38. The molecule has 1 saturated carbocycles. The summed E-state index contributed by atoms with van der Waals surface area (Å²) >= 11 is 0. The summed E-state index contributed by atoms with van der Waals surface area (Å²) in [5.41, 5.74) is 0. The summed E-state index contributed by atoms with van der Waals surface area (Å²) in [5, 5.41) is 5.97. The van der Waals surface area contributed by atoms with Crippen molar-refractivity contribution in [3.8, 4) is 0 Å². The van der Waals surface area contributed by atoms with E-state index in [2.05, 4.69) is 25.5 Å². The molecule has 0 radical (unpaired) electrons. The first kappa shape index (κ1) is 20.4. The number of hydrogen-bond donors (Lipinski definition) is 2. The molecule has 0 spiro atoms.